The van der Waals surface area contributed by atoms with E-state index in [4.69, 9.17) is 0 Å². The molecule has 0 heterocycles. The molecule has 0 aliphatic carbocycles. The van der Waals surface area contributed by atoms with E-state index in [0.717, 1.165) is 18.3 Å². The Morgan fingerprint density at radius 2 is 1.37 bits per heavy atom. The van der Waals surface area contributed by atoms with Gasteiger partial charge in [-0.25, -0.2) is 0 Å². The molecule has 0 aromatic heterocycles. The second-order valence-electron chi connectivity index (χ2n) is 5.56. The predicted octanol–water partition coefficient (Wildman–Crippen LogP) is 4.00. The van der Waals surface area contributed by atoms with E-state index in [-0.39, 0.29) is 0 Å². The highest BCUT2D eigenvalue weighted by molar-refractivity contribution is 5.68. The van der Waals surface area contributed by atoms with Gasteiger partial charge in [-0.3, -0.25) is 0 Å². The quantitative estimate of drug-likeness (QED) is 0.752. The first-order valence-electron chi connectivity index (χ1n) is 6.62. The molecule has 19 heavy (non-hydrogen) atoms. The second kappa shape index (κ2) is 5.40. The molecule has 0 saturated heterocycles. The van der Waals surface area contributed by atoms with Gasteiger partial charge in [0.2, 0.25) is 0 Å². The summed E-state index contributed by atoms with van der Waals surface area (Å²) in [5.74, 6) is 0. The summed E-state index contributed by atoms with van der Waals surface area (Å²) in [5, 5.41) is 0. The number of hydrogen-bond donors (Lipinski definition) is 0. The van der Waals surface area contributed by atoms with Crippen LogP contribution >= 0.6 is 0 Å². The van der Waals surface area contributed by atoms with Crippen LogP contribution < -0.4 is 0 Å². The maximum atomic E-state index is 11.6. The molecule has 1 nitrogen and oxygen atoms in total. The van der Waals surface area contributed by atoms with E-state index < -0.39 is 5.41 Å². The van der Waals surface area contributed by atoms with Gasteiger partial charge in [-0.05, 0) is 38.3 Å². The third-order valence-electron chi connectivity index (χ3n) is 3.66. The normalized spacial score (nSPS) is 13.8. The van der Waals surface area contributed by atoms with Crippen molar-refractivity contribution in [3.05, 3.63) is 70.8 Å². The fourth-order valence-corrected chi connectivity index (χ4v) is 2.28. The Morgan fingerprint density at radius 3 is 1.84 bits per heavy atom. The summed E-state index contributed by atoms with van der Waals surface area (Å²) >= 11 is 0. The first-order valence-corrected chi connectivity index (χ1v) is 6.62. The molecule has 2 rings (SSSR count). The zero-order chi connectivity index (χ0) is 13.9. The number of carbonyl (C=O) groups excluding carboxylic acids is 1. The van der Waals surface area contributed by atoms with E-state index in [1.807, 2.05) is 6.92 Å². The standard InChI is InChI=1S/C18H20O/c1-14-4-8-16(9-5-14)12-18(3,13-19)17-10-6-15(2)7-11-17/h4-11,13H,12H2,1-3H3. The van der Waals surface area contributed by atoms with Crippen LogP contribution in [0.4, 0.5) is 0 Å². The number of hydrogen-bond acceptors (Lipinski definition) is 1. The molecule has 2 aromatic rings. The third-order valence-corrected chi connectivity index (χ3v) is 3.66. The van der Waals surface area contributed by atoms with Crippen molar-refractivity contribution in [2.24, 2.45) is 0 Å². The van der Waals surface area contributed by atoms with E-state index in [9.17, 15) is 4.79 Å². The van der Waals surface area contributed by atoms with Crippen LogP contribution in [-0.2, 0) is 16.6 Å². The molecule has 2 aromatic carbocycles. The average molecular weight is 252 g/mol. The van der Waals surface area contributed by atoms with Gasteiger partial charge in [-0.1, -0.05) is 59.7 Å². The summed E-state index contributed by atoms with van der Waals surface area (Å²) in [5.41, 5.74) is 4.27. The molecular formula is C18H20O. The van der Waals surface area contributed by atoms with Gasteiger partial charge in [0.1, 0.15) is 6.29 Å². The fourth-order valence-electron chi connectivity index (χ4n) is 2.28. The van der Waals surface area contributed by atoms with Crippen molar-refractivity contribution in [2.75, 3.05) is 0 Å². The first-order chi connectivity index (χ1) is 9.03. The minimum absolute atomic E-state index is 0.455. The van der Waals surface area contributed by atoms with Crippen molar-refractivity contribution in [3.63, 3.8) is 0 Å². The molecule has 0 N–H and O–H groups in total. The monoisotopic (exact) mass is 252 g/mol. The van der Waals surface area contributed by atoms with Crippen LogP contribution in [0.25, 0.3) is 0 Å². The van der Waals surface area contributed by atoms with Crippen molar-refractivity contribution >= 4 is 6.29 Å². The first kappa shape index (κ1) is 13.5. The molecule has 0 fully saturated rings. The average Bonchev–Trinajstić information content (AvgIpc) is 2.42. The second-order valence-corrected chi connectivity index (χ2v) is 5.56. The van der Waals surface area contributed by atoms with Gasteiger partial charge in [-0.15, -0.1) is 0 Å². The van der Waals surface area contributed by atoms with Crippen LogP contribution in [0.3, 0.4) is 0 Å². The molecule has 0 aliphatic heterocycles. The van der Waals surface area contributed by atoms with Gasteiger partial charge >= 0.3 is 0 Å². The Hall–Kier alpha value is -1.89. The molecule has 98 valence electrons. The van der Waals surface area contributed by atoms with Crippen molar-refractivity contribution in [3.8, 4) is 0 Å². The van der Waals surface area contributed by atoms with E-state index in [1.54, 1.807) is 0 Å². The highest BCUT2D eigenvalue weighted by Crippen LogP contribution is 2.26. The Kier molecular flexibility index (Phi) is 3.84. The lowest BCUT2D eigenvalue weighted by Gasteiger charge is -2.24. The van der Waals surface area contributed by atoms with Crippen molar-refractivity contribution in [1.82, 2.24) is 0 Å². The topological polar surface area (TPSA) is 17.1 Å². The molecule has 0 bridgehead atoms. The lowest BCUT2D eigenvalue weighted by Crippen LogP contribution is -2.26. The van der Waals surface area contributed by atoms with Gasteiger partial charge < -0.3 is 4.79 Å². The van der Waals surface area contributed by atoms with Crippen LogP contribution in [0.5, 0.6) is 0 Å². The third kappa shape index (κ3) is 3.11. The fraction of sp³-hybridized carbons (Fsp3) is 0.278. The summed E-state index contributed by atoms with van der Waals surface area (Å²) in [6.45, 7) is 6.13. The highest BCUT2D eigenvalue weighted by atomic mass is 16.1. The molecule has 0 saturated carbocycles. The van der Waals surface area contributed by atoms with Crippen LogP contribution in [0.15, 0.2) is 48.5 Å². The van der Waals surface area contributed by atoms with E-state index in [0.29, 0.717) is 0 Å². The summed E-state index contributed by atoms with van der Waals surface area (Å²) in [6.07, 6.45) is 1.80. The Labute approximate surface area is 115 Å². The summed E-state index contributed by atoms with van der Waals surface area (Å²) in [4.78, 5) is 11.6. The van der Waals surface area contributed by atoms with Crippen molar-refractivity contribution in [2.45, 2.75) is 32.6 Å². The minimum Gasteiger partial charge on any atom is -0.302 e. The van der Waals surface area contributed by atoms with Gasteiger partial charge in [-0.2, -0.15) is 0 Å². The number of benzene rings is 2. The Morgan fingerprint density at radius 1 is 0.895 bits per heavy atom. The molecule has 0 aliphatic rings. The lowest BCUT2D eigenvalue weighted by atomic mass is 9.78. The SMILES string of the molecule is Cc1ccc(CC(C)(C=O)c2ccc(C)cc2)cc1. The van der Waals surface area contributed by atoms with E-state index >= 15 is 0 Å². The predicted molar refractivity (Wildman–Crippen MR) is 79.5 cm³/mol. The van der Waals surface area contributed by atoms with Gasteiger partial charge in [0.25, 0.3) is 0 Å². The maximum Gasteiger partial charge on any atom is 0.130 e. The van der Waals surface area contributed by atoms with Crippen LogP contribution in [0, 0.1) is 13.8 Å². The van der Waals surface area contributed by atoms with Gasteiger partial charge in [0.15, 0.2) is 0 Å². The van der Waals surface area contributed by atoms with Gasteiger partial charge in [0.05, 0.1) is 5.41 Å². The summed E-state index contributed by atoms with van der Waals surface area (Å²) in [6, 6.07) is 16.6. The molecule has 1 atom stereocenters. The molecule has 0 amide bonds. The van der Waals surface area contributed by atoms with Gasteiger partial charge in [0, 0.05) is 0 Å². The lowest BCUT2D eigenvalue weighted by molar-refractivity contribution is -0.112. The van der Waals surface area contributed by atoms with E-state index in [2.05, 4.69) is 62.4 Å². The van der Waals surface area contributed by atoms with Crippen LogP contribution in [0.2, 0.25) is 0 Å². The number of aryl methyl sites for hydroxylation is 2. The summed E-state index contributed by atoms with van der Waals surface area (Å²) in [7, 11) is 0. The largest absolute Gasteiger partial charge is 0.302 e. The maximum absolute atomic E-state index is 11.6. The van der Waals surface area contributed by atoms with Crippen molar-refractivity contribution in [1.29, 1.82) is 0 Å². The minimum atomic E-state index is -0.455. The van der Waals surface area contributed by atoms with Crippen LogP contribution in [0.1, 0.15) is 29.2 Å². The van der Waals surface area contributed by atoms with Crippen molar-refractivity contribution < 1.29 is 4.79 Å². The number of rotatable bonds is 4. The zero-order valence-corrected chi connectivity index (χ0v) is 11.8. The Balaban J connectivity index is 2.29. The smallest absolute Gasteiger partial charge is 0.130 e. The molecular weight excluding hydrogens is 232 g/mol. The molecule has 0 radical (unpaired) electrons. The van der Waals surface area contributed by atoms with Crippen LogP contribution in [-0.4, -0.2) is 6.29 Å². The summed E-state index contributed by atoms with van der Waals surface area (Å²) < 4.78 is 0. The number of carbonyl (C=O) groups is 1. The number of aldehydes is 1. The zero-order valence-electron chi connectivity index (χ0n) is 11.8. The molecule has 1 heteroatoms. The van der Waals surface area contributed by atoms with E-state index in [1.165, 1.54) is 16.7 Å². The molecule has 1 unspecified atom stereocenters. The highest BCUT2D eigenvalue weighted by Gasteiger charge is 2.26. The Bertz CT molecular complexity index is 551. The molecule has 0 spiro atoms.